The minimum Gasteiger partial charge on any atom is -0.508 e. The van der Waals surface area contributed by atoms with Crippen LogP contribution in [0.2, 0.25) is 0 Å². The molecule has 0 saturated heterocycles. The Kier molecular flexibility index (Phi) is 14.9. The monoisotopic (exact) mass is 318 g/mol. The lowest BCUT2D eigenvalue weighted by Gasteiger charge is -1.98. The molecule has 0 radical (unpaired) electrons. The number of aliphatic hydroxyl groups excluding tert-OH is 1. The van der Waals surface area contributed by atoms with Crippen molar-refractivity contribution in [3.8, 4) is 0 Å². The van der Waals surface area contributed by atoms with Crippen LogP contribution < -0.4 is 0 Å². The van der Waals surface area contributed by atoms with E-state index >= 15 is 0 Å². The fraction of sp³-hybridized carbons (Fsp3) is 0.450. The Bertz CT molecular complexity index is 440. The van der Waals surface area contributed by atoms with Crippen LogP contribution in [0.1, 0.15) is 58.3 Å². The van der Waals surface area contributed by atoms with Gasteiger partial charge in [0, 0.05) is 6.08 Å². The lowest BCUT2D eigenvalue weighted by molar-refractivity contribution is -0.131. The minimum atomic E-state index is -1.04. The predicted octanol–water partition coefficient (Wildman–Crippen LogP) is 5.88. The summed E-state index contributed by atoms with van der Waals surface area (Å²) in [4.78, 5) is 10.2. The van der Waals surface area contributed by atoms with Gasteiger partial charge in [-0.1, -0.05) is 81.9 Å². The number of allylic oxidation sites excluding steroid dienone is 8. The van der Waals surface area contributed by atoms with Gasteiger partial charge in [0.25, 0.3) is 0 Å². The third kappa shape index (κ3) is 17.9. The van der Waals surface area contributed by atoms with Gasteiger partial charge in [0.1, 0.15) is 5.76 Å². The smallest absolute Gasteiger partial charge is 0.328 e. The van der Waals surface area contributed by atoms with E-state index < -0.39 is 5.97 Å². The number of hydrogen-bond donors (Lipinski definition) is 2. The second kappa shape index (κ2) is 16.3. The van der Waals surface area contributed by atoms with Crippen molar-refractivity contribution in [1.29, 1.82) is 0 Å². The molecule has 23 heavy (non-hydrogen) atoms. The van der Waals surface area contributed by atoms with Crippen LogP contribution in [0.3, 0.4) is 0 Å². The Labute approximate surface area is 140 Å². The first-order chi connectivity index (χ1) is 11.2. The molecule has 0 aromatic heterocycles. The van der Waals surface area contributed by atoms with Crippen LogP contribution in [0.15, 0.2) is 60.4 Å². The number of rotatable bonds is 13. The van der Waals surface area contributed by atoms with E-state index in [4.69, 9.17) is 5.11 Å². The molecular formula is C20H30O3. The highest BCUT2D eigenvalue weighted by molar-refractivity contribution is 5.80. The van der Waals surface area contributed by atoms with E-state index in [0.29, 0.717) is 0 Å². The number of carboxylic acids is 1. The predicted molar refractivity (Wildman–Crippen MR) is 97.5 cm³/mol. The van der Waals surface area contributed by atoms with Crippen molar-refractivity contribution in [3.05, 3.63) is 60.4 Å². The molecule has 3 nitrogen and oxygen atoms in total. The van der Waals surface area contributed by atoms with E-state index in [2.05, 4.69) is 13.0 Å². The van der Waals surface area contributed by atoms with Crippen molar-refractivity contribution in [3.63, 3.8) is 0 Å². The molecule has 0 aromatic carbocycles. The maximum Gasteiger partial charge on any atom is 0.328 e. The van der Waals surface area contributed by atoms with Gasteiger partial charge in [-0.15, -0.1) is 0 Å². The maximum absolute atomic E-state index is 10.2. The van der Waals surface area contributed by atoms with E-state index in [0.717, 1.165) is 12.5 Å². The summed E-state index contributed by atoms with van der Waals surface area (Å²) in [6, 6.07) is 0. The quantitative estimate of drug-likeness (QED) is 0.193. The fourth-order valence-corrected chi connectivity index (χ4v) is 1.96. The molecule has 0 spiro atoms. The molecule has 0 aliphatic carbocycles. The van der Waals surface area contributed by atoms with E-state index in [-0.39, 0.29) is 5.76 Å². The Balaban J connectivity index is 3.68. The van der Waals surface area contributed by atoms with Crippen molar-refractivity contribution in [2.24, 2.45) is 0 Å². The number of aliphatic hydroxyl groups is 1. The Morgan fingerprint density at radius 3 is 2.13 bits per heavy atom. The van der Waals surface area contributed by atoms with Crippen molar-refractivity contribution in [2.75, 3.05) is 0 Å². The molecule has 0 fully saturated rings. The summed E-state index contributed by atoms with van der Waals surface area (Å²) < 4.78 is 0. The highest BCUT2D eigenvalue weighted by Gasteiger charge is 1.88. The summed E-state index contributed by atoms with van der Waals surface area (Å²) in [5, 5.41) is 17.8. The van der Waals surface area contributed by atoms with Crippen molar-refractivity contribution in [2.45, 2.75) is 58.3 Å². The molecule has 3 heteroatoms. The van der Waals surface area contributed by atoms with Crippen LogP contribution in [-0.4, -0.2) is 16.2 Å². The standard InChI is InChI=1S/C20H30O3/c1-2-3-4-5-6-7-8-9-10-11-12-13-14-16-19(21)17-15-18-20(22)23/h10-18,21H,2-9H2,1H3,(H,22,23)/b11-10+,13-12+,16-14+,18-15+,19-17+. The Hall–Kier alpha value is -2.03. The molecule has 0 saturated carbocycles. The lowest BCUT2D eigenvalue weighted by atomic mass is 10.1. The topological polar surface area (TPSA) is 57.5 Å². The highest BCUT2D eigenvalue weighted by atomic mass is 16.4. The lowest BCUT2D eigenvalue weighted by Crippen LogP contribution is -1.84. The van der Waals surface area contributed by atoms with E-state index in [1.165, 1.54) is 63.2 Å². The maximum atomic E-state index is 10.2. The third-order valence-corrected chi connectivity index (χ3v) is 3.22. The van der Waals surface area contributed by atoms with Gasteiger partial charge in [0.05, 0.1) is 0 Å². The van der Waals surface area contributed by atoms with Crippen LogP contribution in [0, 0.1) is 0 Å². The number of carboxylic acid groups (broad SMARTS) is 1. The molecule has 0 aliphatic heterocycles. The average molecular weight is 318 g/mol. The summed E-state index contributed by atoms with van der Waals surface area (Å²) in [6.07, 6.45) is 25.1. The number of carbonyl (C=O) groups is 1. The van der Waals surface area contributed by atoms with Crippen LogP contribution in [0.5, 0.6) is 0 Å². The molecule has 0 bridgehead atoms. The molecule has 0 aliphatic rings. The average Bonchev–Trinajstić information content (AvgIpc) is 2.51. The molecule has 0 aromatic rings. The largest absolute Gasteiger partial charge is 0.508 e. The van der Waals surface area contributed by atoms with Gasteiger partial charge in [-0.2, -0.15) is 0 Å². The molecule has 0 unspecified atom stereocenters. The molecule has 0 atom stereocenters. The second-order valence-electron chi connectivity index (χ2n) is 5.37. The molecule has 0 rings (SSSR count). The van der Waals surface area contributed by atoms with Crippen LogP contribution in [0.4, 0.5) is 0 Å². The fourth-order valence-electron chi connectivity index (χ4n) is 1.96. The van der Waals surface area contributed by atoms with Crippen LogP contribution in [0.25, 0.3) is 0 Å². The van der Waals surface area contributed by atoms with Gasteiger partial charge in [0.2, 0.25) is 0 Å². The van der Waals surface area contributed by atoms with Crippen LogP contribution >= 0.6 is 0 Å². The SMILES string of the molecule is CCCCCCCCC/C=C/C=C/C=C/C(O)=C\C=C\C(=O)O. The molecule has 128 valence electrons. The number of aliphatic carboxylic acids is 1. The summed E-state index contributed by atoms with van der Waals surface area (Å²) >= 11 is 0. The first kappa shape index (κ1) is 21.0. The summed E-state index contributed by atoms with van der Waals surface area (Å²) in [6.45, 7) is 2.24. The van der Waals surface area contributed by atoms with Gasteiger partial charge in [-0.25, -0.2) is 4.79 Å². The summed E-state index contributed by atoms with van der Waals surface area (Å²) in [5.74, 6) is -1.02. The van der Waals surface area contributed by atoms with Gasteiger partial charge in [0.15, 0.2) is 0 Å². The van der Waals surface area contributed by atoms with E-state index in [9.17, 15) is 9.90 Å². The van der Waals surface area contributed by atoms with Crippen LogP contribution in [-0.2, 0) is 4.79 Å². The van der Waals surface area contributed by atoms with E-state index in [1.54, 1.807) is 6.08 Å². The van der Waals surface area contributed by atoms with Gasteiger partial charge in [-0.05, 0) is 25.0 Å². The molecule has 0 amide bonds. The summed E-state index contributed by atoms with van der Waals surface area (Å²) in [5.41, 5.74) is 0. The molecule has 0 heterocycles. The zero-order valence-electron chi connectivity index (χ0n) is 14.2. The summed E-state index contributed by atoms with van der Waals surface area (Å²) in [7, 11) is 0. The van der Waals surface area contributed by atoms with Crippen molar-refractivity contribution < 1.29 is 15.0 Å². The highest BCUT2D eigenvalue weighted by Crippen LogP contribution is 2.08. The molecule has 2 N–H and O–H groups in total. The first-order valence-electron chi connectivity index (χ1n) is 8.47. The molecular weight excluding hydrogens is 288 g/mol. The van der Waals surface area contributed by atoms with Crippen molar-refractivity contribution >= 4 is 5.97 Å². The number of hydrogen-bond acceptors (Lipinski definition) is 2. The number of unbranched alkanes of at least 4 members (excludes halogenated alkanes) is 7. The van der Waals surface area contributed by atoms with Gasteiger partial charge < -0.3 is 10.2 Å². The van der Waals surface area contributed by atoms with Crippen molar-refractivity contribution in [1.82, 2.24) is 0 Å². The van der Waals surface area contributed by atoms with Gasteiger partial charge in [-0.3, -0.25) is 0 Å². The zero-order chi connectivity index (χ0) is 17.2. The minimum absolute atomic E-state index is 0.0132. The normalized spacial score (nSPS) is 13.2. The Morgan fingerprint density at radius 2 is 1.43 bits per heavy atom. The van der Waals surface area contributed by atoms with Gasteiger partial charge >= 0.3 is 5.97 Å². The van der Waals surface area contributed by atoms with E-state index in [1.807, 2.05) is 18.2 Å². The zero-order valence-corrected chi connectivity index (χ0v) is 14.2. The second-order valence-corrected chi connectivity index (χ2v) is 5.37. The third-order valence-electron chi connectivity index (χ3n) is 3.22. The Morgan fingerprint density at radius 1 is 0.783 bits per heavy atom. The first-order valence-corrected chi connectivity index (χ1v) is 8.47.